The molecule has 0 aliphatic carbocycles. The van der Waals surface area contributed by atoms with Gasteiger partial charge in [-0.2, -0.15) is 0 Å². The van der Waals surface area contributed by atoms with E-state index in [0.717, 1.165) is 50.5 Å². The van der Waals surface area contributed by atoms with Gasteiger partial charge in [0.2, 0.25) is 0 Å². The molecule has 170 valence electrons. The van der Waals surface area contributed by atoms with Gasteiger partial charge in [0, 0.05) is 50.7 Å². The van der Waals surface area contributed by atoms with Crippen molar-refractivity contribution in [2.45, 2.75) is 6.42 Å². The number of pyridine rings is 1. The van der Waals surface area contributed by atoms with Crippen molar-refractivity contribution in [2.75, 3.05) is 50.1 Å². The molecular weight excluding hydrogens is 416 g/mol. The number of carbonyl (C=O) groups excluding carboxylic acids is 2. The van der Waals surface area contributed by atoms with Crippen LogP contribution in [-0.2, 0) is 11.2 Å². The molecule has 1 amide bonds. The highest BCUT2D eigenvalue weighted by Crippen LogP contribution is 2.27. The van der Waals surface area contributed by atoms with Gasteiger partial charge in [0.05, 0.1) is 24.0 Å². The first-order valence-electron chi connectivity index (χ1n) is 11.1. The zero-order chi connectivity index (χ0) is 23.0. The number of para-hydroxylation sites is 2. The highest BCUT2D eigenvalue weighted by Gasteiger charge is 2.20. The van der Waals surface area contributed by atoms with Gasteiger partial charge < -0.3 is 15.0 Å². The quantitative estimate of drug-likeness (QED) is 0.563. The number of ether oxygens (including phenoxy) is 1. The van der Waals surface area contributed by atoms with E-state index in [4.69, 9.17) is 4.74 Å². The van der Waals surface area contributed by atoms with Gasteiger partial charge in [-0.25, -0.2) is 4.79 Å². The highest BCUT2D eigenvalue weighted by atomic mass is 16.5. The van der Waals surface area contributed by atoms with Crippen LogP contribution in [0.25, 0.3) is 0 Å². The Morgan fingerprint density at radius 1 is 0.909 bits per heavy atom. The van der Waals surface area contributed by atoms with E-state index in [1.165, 1.54) is 12.7 Å². The fraction of sp³-hybridized carbons (Fsp3) is 0.269. The minimum Gasteiger partial charge on any atom is -0.465 e. The fourth-order valence-electron chi connectivity index (χ4n) is 3.97. The van der Waals surface area contributed by atoms with E-state index in [9.17, 15) is 9.59 Å². The Labute approximate surface area is 194 Å². The molecule has 7 heteroatoms. The summed E-state index contributed by atoms with van der Waals surface area (Å²) in [6.07, 6.45) is 4.70. The van der Waals surface area contributed by atoms with Gasteiger partial charge >= 0.3 is 5.97 Å². The van der Waals surface area contributed by atoms with Gasteiger partial charge in [0.1, 0.15) is 0 Å². The van der Waals surface area contributed by atoms with Crippen molar-refractivity contribution < 1.29 is 14.3 Å². The summed E-state index contributed by atoms with van der Waals surface area (Å²) in [4.78, 5) is 33.3. The number of nitrogens with one attached hydrogen (secondary N) is 1. The summed E-state index contributed by atoms with van der Waals surface area (Å²) in [6, 6.07) is 18.5. The molecule has 33 heavy (non-hydrogen) atoms. The van der Waals surface area contributed by atoms with E-state index < -0.39 is 5.97 Å². The van der Waals surface area contributed by atoms with Crippen LogP contribution in [0.4, 0.5) is 11.4 Å². The zero-order valence-electron chi connectivity index (χ0n) is 18.7. The number of aromatic nitrogens is 1. The van der Waals surface area contributed by atoms with E-state index in [0.29, 0.717) is 11.1 Å². The number of rotatable bonds is 7. The normalized spacial score (nSPS) is 14.0. The van der Waals surface area contributed by atoms with Crippen LogP contribution in [-0.4, -0.2) is 61.6 Å². The van der Waals surface area contributed by atoms with Crippen molar-refractivity contribution in [2.24, 2.45) is 0 Å². The SMILES string of the molecule is COC(=O)c1ccc(C(=O)Nc2ccccc2N2CCN(CCc3ccncc3)CC2)cc1. The van der Waals surface area contributed by atoms with Crippen LogP contribution in [0.2, 0.25) is 0 Å². The third-order valence-corrected chi connectivity index (χ3v) is 5.90. The second-order valence-corrected chi connectivity index (χ2v) is 7.97. The second-order valence-electron chi connectivity index (χ2n) is 7.97. The smallest absolute Gasteiger partial charge is 0.337 e. The molecule has 7 nitrogen and oxygen atoms in total. The lowest BCUT2D eigenvalue weighted by atomic mass is 10.1. The number of esters is 1. The summed E-state index contributed by atoms with van der Waals surface area (Å²) in [6.45, 7) is 4.77. The van der Waals surface area contributed by atoms with Crippen LogP contribution in [0, 0.1) is 0 Å². The Balaban J connectivity index is 1.36. The van der Waals surface area contributed by atoms with E-state index >= 15 is 0 Å². The van der Waals surface area contributed by atoms with Gasteiger partial charge in [-0.3, -0.25) is 14.7 Å². The summed E-state index contributed by atoms with van der Waals surface area (Å²) in [5, 5.41) is 3.03. The molecule has 3 aromatic rings. The van der Waals surface area contributed by atoms with Crippen molar-refractivity contribution in [1.29, 1.82) is 0 Å². The van der Waals surface area contributed by atoms with Crippen molar-refractivity contribution in [3.8, 4) is 0 Å². The van der Waals surface area contributed by atoms with Gasteiger partial charge in [-0.1, -0.05) is 12.1 Å². The number of benzene rings is 2. The Bertz CT molecular complexity index is 1080. The van der Waals surface area contributed by atoms with Crippen molar-refractivity contribution in [3.05, 3.63) is 89.7 Å². The Morgan fingerprint density at radius 3 is 2.27 bits per heavy atom. The first kappa shape index (κ1) is 22.5. The van der Waals surface area contributed by atoms with Gasteiger partial charge in [0.25, 0.3) is 5.91 Å². The third-order valence-electron chi connectivity index (χ3n) is 5.90. The van der Waals surface area contributed by atoms with E-state index in [1.54, 1.807) is 24.3 Å². The molecule has 1 aliphatic heterocycles. The minimum absolute atomic E-state index is 0.213. The van der Waals surface area contributed by atoms with Gasteiger partial charge in [-0.15, -0.1) is 0 Å². The second kappa shape index (κ2) is 10.7. The maximum absolute atomic E-state index is 12.8. The minimum atomic E-state index is -0.424. The van der Waals surface area contributed by atoms with Gasteiger partial charge in [0.15, 0.2) is 0 Å². The number of nitrogens with zero attached hydrogens (tertiary/aromatic N) is 3. The number of hydrogen-bond donors (Lipinski definition) is 1. The van der Waals surface area contributed by atoms with Crippen LogP contribution >= 0.6 is 0 Å². The molecule has 1 N–H and O–H groups in total. The Morgan fingerprint density at radius 2 is 1.58 bits per heavy atom. The summed E-state index contributed by atoms with van der Waals surface area (Å²) in [5.74, 6) is -0.637. The lowest BCUT2D eigenvalue weighted by Crippen LogP contribution is -2.47. The predicted octanol–water partition coefficient (Wildman–Crippen LogP) is 3.49. The number of amides is 1. The monoisotopic (exact) mass is 444 g/mol. The molecule has 2 aromatic carbocycles. The van der Waals surface area contributed by atoms with Crippen LogP contribution in [0.1, 0.15) is 26.3 Å². The largest absolute Gasteiger partial charge is 0.465 e. The molecule has 1 aromatic heterocycles. The van der Waals surface area contributed by atoms with Crippen molar-refractivity contribution in [1.82, 2.24) is 9.88 Å². The van der Waals surface area contributed by atoms with E-state index in [2.05, 4.69) is 32.2 Å². The standard InChI is InChI=1S/C26H28N4O3/c1-33-26(32)22-8-6-21(7-9-22)25(31)28-23-4-2-3-5-24(23)30-18-16-29(17-19-30)15-12-20-10-13-27-14-11-20/h2-11,13-14H,12,15-19H2,1H3,(H,28,31). The topological polar surface area (TPSA) is 74.8 Å². The maximum atomic E-state index is 12.8. The van der Waals surface area contributed by atoms with Gasteiger partial charge in [-0.05, 0) is 60.5 Å². The molecule has 0 bridgehead atoms. The number of anilines is 2. The first-order valence-corrected chi connectivity index (χ1v) is 11.1. The lowest BCUT2D eigenvalue weighted by Gasteiger charge is -2.37. The molecule has 2 heterocycles. The maximum Gasteiger partial charge on any atom is 0.337 e. The predicted molar refractivity (Wildman–Crippen MR) is 129 cm³/mol. The van der Waals surface area contributed by atoms with Crippen LogP contribution in [0.15, 0.2) is 73.1 Å². The lowest BCUT2D eigenvalue weighted by molar-refractivity contribution is 0.0600. The fourth-order valence-corrected chi connectivity index (χ4v) is 3.97. The van der Waals surface area contributed by atoms with Crippen LogP contribution < -0.4 is 10.2 Å². The highest BCUT2D eigenvalue weighted by molar-refractivity contribution is 6.06. The van der Waals surface area contributed by atoms with Crippen LogP contribution in [0.5, 0.6) is 0 Å². The van der Waals surface area contributed by atoms with E-state index in [1.807, 2.05) is 36.7 Å². The molecule has 0 radical (unpaired) electrons. The molecule has 1 saturated heterocycles. The van der Waals surface area contributed by atoms with Crippen molar-refractivity contribution >= 4 is 23.3 Å². The molecule has 4 rings (SSSR count). The zero-order valence-corrected chi connectivity index (χ0v) is 18.7. The molecule has 0 spiro atoms. The summed E-state index contributed by atoms with van der Waals surface area (Å²) < 4.78 is 4.71. The number of methoxy groups -OCH3 is 1. The summed E-state index contributed by atoms with van der Waals surface area (Å²) >= 11 is 0. The average Bonchev–Trinajstić information content (AvgIpc) is 2.88. The first-order chi connectivity index (χ1) is 16.1. The third kappa shape index (κ3) is 5.75. The Hall–Kier alpha value is -3.71. The number of piperazine rings is 1. The molecular formula is C26H28N4O3. The molecule has 1 aliphatic rings. The van der Waals surface area contributed by atoms with Crippen molar-refractivity contribution in [3.63, 3.8) is 0 Å². The molecule has 0 saturated carbocycles. The molecule has 0 unspecified atom stereocenters. The van der Waals surface area contributed by atoms with E-state index in [-0.39, 0.29) is 5.91 Å². The molecule has 1 fully saturated rings. The summed E-state index contributed by atoms with van der Waals surface area (Å²) in [7, 11) is 1.33. The number of hydrogen-bond acceptors (Lipinski definition) is 6. The summed E-state index contributed by atoms with van der Waals surface area (Å²) in [5.41, 5.74) is 4.00. The molecule has 0 atom stereocenters. The average molecular weight is 445 g/mol. The van der Waals surface area contributed by atoms with Crippen LogP contribution in [0.3, 0.4) is 0 Å². The number of carbonyl (C=O) groups is 2. The Kier molecular flexibility index (Phi) is 7.32.